The third-order valence-electron chi connectivity index (χ3n) is 4.37. The highest BCUT2D eigenvalue weighted by atomic mass is 16.5. The molecule has 0 radical (unpaired) electrons. The van der Waals surface area contributed by atoms with Crippen molar-refractivity contribution in [2.45, 2.75) is 58.5 Å². The Labute approximate surface area is 158 Å². The van der Waals surface area contributed by atoms with E-state index in [0.29, 0.717) is 0 Å². The normalized spacial score (nSPS) is 10.9. The van der Waals surface area contributed by atoms with Gasteiger partial charge in [0.25, 0.3) is 0 Å². The van der Waals surface area contributed by atoms with E-state index in [4.69, 9.17) is 9.47 Å². The van der Waals surface area contributed by atoms with E-state index < -0.39 is 6.10 Å². The largest absolute Gasteiger partial charge is 0.491 e. The van der Waals surface area contributed by atoms with Gasteiger partial charge in [0.05, 0.1) is 0 Å². The fourth-order valence-electron chi connectivity index (χ4n) is 2.70. The first-order valence-electron chi connectivity index (χ1n) is 9.82. The molecule has 0 amide bonds. The van der Waals surface area contributed by atoms with Gasteiger partial charge in [-0.3, -0.25) is 0 Å². The maximum Gasteiger partial charge on any atom is 0.122 e. The van der Waals surface area contributed by atoms with Crippen LogP contribution in [0.1, 0.15) is 50.7 Å². The Hall–Kier alpha value is -2.00. The first kappa shape index (κ1) is 20.3. The summed E-state index contributed by atoms with van der Waals surface area (Å²) in [4.78, 5) is 0. The lowest BCUT2D eigenvalue weighted by atomic mass is 10.1. The van der Waals surface area contributed by atoms with E-state index in [1.54, 1.807) is 0 Å². The van der Waals surface area contributed by atoms with Crippen molar-refractivity contribution in [2.75, 3.05) is 13.2 Å². The summed E-state index contributed by atoms with van der Waals surface area (Å²) in [6.45, 7) is 4.84. The minimum atomic E-state index is -0.658. The highest BCUT2D eigenvalue weighted by molar-refractivity contribution is 5.28. The van der Waals surface area contributed by atoms with E-state index in [9.17, 15) is 5.11 Å². The molecule has 0 bridgehead atoms. The number of aliphatic hydroxyl groups is 1. The van der Waals surface area contributed by atoms with Crippen molar-refractivity contribution >= 4 is 0 Å². The fourth-order valence-corrected chi connectivity index (χ4v) is 2.70. The first-order valence-corrected chi connectivity index (χ1v) is 9.82. The lowest BCUT2D eigenvalue weighted by molar-refractivity contribution is 0.0626. The standard InChI is InChI=1S/C23H32O3/c1-3-5-7-19-9-13-22(14-10-19)25-17-21(24)18-26-23-15-11-20(12-16-23)8-6-4-2/h9-16,21,24H,3-8,17-18H2,1-2H3. The van der Waals surface area contributed by atoms with Gasteiger partial charge < -0.3 is 14.6 Å². The van der Waals surface area contributed by atoms with Gasteiger partial charge in [-0.05, 0) is 61.1 Å². The number of benzene rings is 2. The molecule has 0 heterocycles. The molecule has 142 valence electrons. The minimum Gasteiger partial charge on any atom is -0.491 e. The van der Waals surface area contributed by atoms with E-state index in [1.165, 1.54) is 36.8 Å². The van der Waals surface area contributed by atoms with Crippen LogP contribution in [0.3, 0.4) is 0 Å². The Balaban J connectivity index is 1.69. The van der Waals surface area contributed by atoms with Crippen LogP contribution in [0.5, 0.6) is 11.5 Å². The van der Waals surface area contributed by atoms with Crippen LogP contribution in [-0.4, -0.2) is 24.4 Å². The SMILES string of the molecule is CCCCc1ccc(OCC(O)COc2ccc(CCCC)cc2)cc1. The number of aliphatic hydroxyl groups excluding tert-OH is 1. The van der Waals surface area contributed by atoms with Crippen LogP contribution in [0, 0.1) is 0 Å². The van der Waals surface area contributed by atoms with Crippen molar-refractivity contribution in [3.05, 3.63) is 59.7 Å². The maximum absolute atomic E-state index is 10.1. The molecule has 0 aliphatic rings. The van der Waals surface area contributed by atoms with Crippen molar-refractivity contribution in [1.82, 2.24) is 0 Å². The molecule has 0 aliphatic carbocycles. The van der Waals surface area contributed by atoms with E-state index in [2.05, 4.69) is 38.1 Å². The molecule has 3 heteroatoms. The summed E-state index contributed by atoms with van der Waals surface area (Å²) in [5.41, 5.74) is 2.65. The third-order valence-corrected chi connectivity index (χ3v) is 4.37. The van der Waals surface area contributed by atoms with Gasteiger partial charge in [-0.2, -0.15) is 0 Å². The molecule has 0 saturated heterocycles. The van der Waals surface area contributed by atoms with Gasteiger partial charge in [0.2, 0.25) is 0 Å². The maximum atomic E-state index is 10.1. The smallest absolute Gasteiger partial charge is 0.122 e. The second-order valence-electron chi connectivity index (χ2n) is 6.77. The second kappa shape index (κ2) is 11.6. The molecule has 0 saturated carbocycles. The van der Waals surface area contributed by atoms with Crippen molar-refractivity contribution in [1.29, 1.82) is 0 Å². The Bertz CT molecular complexity index is 549. The molecule has 0 fully saturated rings. The lowest BCUT2D eigenvalue weighted by Gasteiger charge is -2.14. The summed E-state index contributed by atoms with van der Waals surface area (Å²) in [6.07, 6.45) is 6.35. The van der Waals surface area contributed by atoms with E-state index >= 15 is 0 Å². The Morgan fingerprint density at radius 1 is 0.692 bits per heavy atom. The monoisotopic (exact) mass is 356 g/mol. The third kappa shape index (κ3) is 7.49. The number of unbranched alkanes of at least 4 members (excludes halogenated alkanes) is 2. The van der Waals surface area contributed by atoms with Crippen LogP contribution in [0.25, 0.3) is 0 Å². The molecule has 2 aromatic carbocycles. The average molecular weight is 357 g/mol. The van der Waals surface area contributed by atoms with Crippen LogP contribution < -0.4 is 9.47 Å². The molecular formula is C23H32O3. The minimum absolute atomic E-state index is 0.225. The van der Waals surface area contributed by atoms with Crippen LogP contribution in [-0.2, 0) is 12.8 Å². The van der Waals surface area contributed by atoms with Gasteiger partial charge in [-0.15, -0.1) is 0 Å². The summed E-state index contributed by atoms with van der Waals surface area (Å²) < 4.78 is 11.3. The van der Waals surface area contributed by atoms with E-state index in [1.807, 2.05) is 24.3 Å². The fraction of sp³-hybridized carbons (Fsp3) is 0.478. The molecule has 0 aromatic heterocycles. The molecule has 2 rings (SSSR count). The summed E-state index contributed by atoms with van der Waals surface area (Å²) in [5.74, 6) is 1.56. The van der Waals surface area contributed by atoms with Crippen molar-refractivity contribution in [2.24, 2.45) is 0 Å². The average Bonchev–Trinajstić information content (AvgIpc) is 2.69. The predicted octanol–water partition coefficient (Wildman–Crippen LogP) is 5.19. The van der Waals surface area contributed by atoms with Gasteiger partial charge in [0.1, 0.15) is 30.8 Å². The van der Waals surface area contributed by atoms with Crippen LogP contribution in [0.4, 0.5) is 0 Å². The lowest BCUT2D eigenvalue weighted by Crippen LogP contribution is -2.25. The summed E-state index contributed by atoms with van der Waals surface area (Å²) in [5, 5.41) is 10.1. The molecule has 0 aliphatic heterocycles. The quantitative estimate of drug-likeness (QED) is 0.569. The number of aryl methyl sites for hydroxylation is 2. The number of hydrogen-bond donors (Lipinski definition) is 1. The summed E-state index contributed by atoms with van der Waals surface area (Å²) in [7, 11) is 0. The molecule has 0 spiro atoms. The number of rotatable bonds is 12. The van der Waals surface area contributed by atoms with Gasteiger partial charge in [-0.25, -0.2) is 0 Å². The number of ether oxygens (including phenoxy) is 2. The van der Waals surface area contributed by atoms with Gasteiger partial charge >= 0.3 is 0 Å². The van der Waals surface area contributed by atoms with Crippen LogP contribution >= 0.6 is 0 Å². The molecule has 3 nitrogen and oxygen atoms in total. The Morgan fingerprint density at radius 3 is 1.42 bits per heavy atom. The highest BCUT2D eigenvalue weighted by Crippen LogP contribution is 2.16. The van der Waals surface area contributed by atoms with Crippen molar-refractivity contribution in [3.63, 3.8) is 0 Å². The molecule has 1 N–H and O–H groups in total. The van der Waals surface area contributed by atoms with Gasteiger partial charge in [-0.1, -0.05) is 51.0 Å². The molecular weight excluding hydrogens is 324 g/mol. The zero-order valence-electron chi connectivity index (χ0n) is 16.1. The van der Waals surface area contributed by atoms with Crippen molar-refractivity contribution < 1.29 is 14.6 Å². The zero-order chi connectivity index (χ0) is 18.6. The van der Waals surface area contributed by atoms with Crippen LogP contribution in [0.2, 0.25) is 0 Å². The molecule has 26 heavy (non-hydrogen) atoms. The second-order valence-corrected chi connectivity index (χ2v) is 6.77. The Kier molecular flexibility index (Phi) is 9.05. The van der Waals surface area contributed by atoms with E-state index in [-0.39, 0.29) is 13.2 Å². The molecule has 0 atom stereocenters. The predicted molar refractivity (Wildman–Crippen MR) is 107 cm³/mol. The first-order chi connectivity index (χ1) is 12.7. The highest BCUT2D eigenvalue weighted by Gasteiger charge is 2.07. The van der Waals surface area contributed by atoms with Crippen LogP contribution in [0.15, 0.2) is 48.5 Å². The zero-order valence-corrected chi connectivity index (χ0v) is 16.1. The van der Waals surface area contributed by atoms with Gasteiger partial charge in [0.15, 0.2) is 0 Å². The van der Waals surface area contributed by atoms with Crippen molar-refractivity contribution in [3.8, 4) is 11.5 Å². The summed E-state index contributed by atoms with van der Waals surface area (Å²) >= 11 is 0. The molecule has 0 unspecified atom stereocenters. The summed E-state index contributed by atoms with van der Waals surface area (Å²) in [6, 6.07) is 16.2. The van der Waals surface area contributed by atoms with Gasteiger partial charge in [0, 0.05) is 0 Å². The Morgan fingerprint density at radius 2 is 1.08 bits per heavy atom. The van der Waals surface area contributed by atoms with E-state index in [0.717, 1.165) is 24.3 Å². The number of hydrogen-bond acceptors (Lipinski definition) is 3. The molecule has 2 aromatic rings. The topological polar surface area (TPSA) is 38.7 Å².